The summed E-state index contributed by atoms with van der Waals surface area (Å²) < 4.78 is 0. The lowest BCUT2D eigenvalue weighted by Gasteiger charge is -2.38. The van der Waals surface area contributed by atoms with Gasteiger partial charge in [0.2, 0.25) is 0 Å². The summed E-state index contributed by atoms with van der Waals surface area (Å²) in [5, 5.41) is 6.94. The molecular formula is C12H21N3S. The fraction of sp³-hybridized carbons (Fsp3) is 0.750. The van der Waals surface area contributed by atoms with Crippen LogP contribution in [0.15, 0.2) is 5.38 Å². The Bertz CT molecular complexity index is 337. The van der Waals surface area contributed by atoms with E-state index in [2.05, 4.69) is 41.4 Å². The second-order valence-electron chi connectivity index (χ2n) is 4.65. The first-order valence-electron chi connectivity index (χ1n) is 6.07. The van der Waals surface area contributed by atoms with Gasteiger partial charge in [0.1, 0.15) is 0 Å². The van der Waals surface area contributed by atoms with E-state index < -0.39 is 0 Å². The molecular weight excluding hydrogens is 218 g/mol. The molecule has 2 rings (SSSR count). The van der Waals surface area contributed by atoms with Crippen LogP contribution in [0.4, 0.5) is 0 Å². The zero-order chi connectivity index (χ0) is 11.5. The van der Waals surface area contributed by atoms with Crippen molar-refractivity contribution >= 4 is 11.3 Å². The van der Waals surface area contributed by atoms with Gasteiger partial charge in [-0.3, -0.25) is 4.90 Å². The predicted octanol–water partition coefficient (Wildman–Crippen LogP) is 2.02. The smallest absolute Gasteiger partial charge is 0.0897 e. The number of aromatic nitrogens is 1. The van der Waals surface area contributed by atoms with Crippen molar-refractivity contribution in [2.75, 3.05) is 13.1 Å². The largest absolute Gasteiger partial charge is 0.311 e. The van der Waals surface area contributed by atoms with Gasteiger partial charge in [-0.15, -0.1) is 11.3 Å². The average molecular weight is 239 g/mol. The maximum Gasteiger partial charge on any atom is 0.0897 e. The van der Waals surface area contributed by atoms with Crippen LogP contribution in [0.5, 0.6) is 0 Å². The summed E-state index contributed by atoms with van der Waals surface area (Å²) in [7, 11) is 0. The minimum Gasteiger partial charge on any atom is -0.311 e. The SMILES string of the molecule is CCC1CN(Cc2csc(C)n2)C(C)CN1. The van der Waals surface area contributed by atoms with Crippen molar-refractivity contribution in [3.8, 4) is 0 Å². The van der Waals surface area contributed by atoms with Crippen molar-refractivity contribution in [1.29, 1.82) is 0 Å². The summed E-state index contributed by atoms with van der Waals surface area (Å²) >= 11 is 1.75. The second-order valence-corrected chi connectivity index (χ2v) is 5.71. The highest BCUT2D eigenvalue weighted by atomic mass is 32.1. The Hall–Kier alpha value is -0.450. The molecule has 0 bridgehead atoms. The lowest BCUT2D eigenvalue weighted by Crippen LogP contribution is -2.54. The molecule has 1 aromatic heterocycles. The van der Waals surface area contributed by atoms with Crippen LogP contribution in [0, 0.1) is 6.92 Å². The van der Waals surface area contributed by atoms with E-state index in [1.807, 2.05) is 0 Å². The van der Waals surface area contributed by atoms with Gasteiger partial charge in [-0.25, -0.2) is 4.98 Å². The third-order valence-electron chi connectivity index (χ3n) is 3.30. The standard InChI is InChI=1S/C12H21N3S/c1-4-11-6-15(9(2)5-13-11)7-12-8-16-10(3)14-12/h8-9,11,13H,4-7H2,1-3H3. The molecule has 0 spiro atoms. The minimum atomic E-state index is 0.616. The minimum absolute atomic E-state index is 0.616. The van der Waals surface area contributed by atoms with E-state index in [0.29, 0.717) is 12.1 Å². The van der Waals surface area contributed by atoms with Crippen LogP contribution in [-0.2, 0) is 6.54 Å². The van der Waals surface area contributed by atoms with Crippen LogP contribution < -0.4 is 5.32 Å². The fourth-order valence-electron chi connectivity index (χ4n) is 2.18. The molecule has 0 aromatic carbocycles. The topological polar surface area (TPSA) is 28.2 Å². The molecule has 0 radical (unpaired) electrons. The highest BCUT2D eigenvalue weighted by molar-refractivity contribution is 7.09. The van der Waals surface area contributed by atoms with Crippen LogP contribution in [-0.4, -0.2) is 35.1 Å². The molecule has 1 fully saturated rings. The van der Waals surface area contributed by atoms with Crippen molar-refractivity contribution in [1.82, 2.24) is 15.2 Å². The number of hydrogen-bond donors (Lipinski definition) is 1. The van der Waals surface area contributed by atoms with E-state index in [1.54, 1.807) is 11.3 Å². The summed E-state index contributed by atoms with van der Waals surface area (Å²) in [5.74, 6) is 0. The van der Waals surface area contributed by atoms with Gasteiger partial charge in [-0.2, -0.15) is 0 Å². The van der Waals surface area contributed by atoms with Gasteiger partial charge in [-0.05, 0) is 20.3 Å². The first-order chi connectivity index (χ1) is 7.69. The molecule has 1 aromatic rings. The number of nitrogens with one attached hydrogen (secondary N) is 1. The molecule has 2 unspecified atom stereocenters. The molecule has 1 aliphatic heterocycles. The van der Waals surface area contributed by atoms with E-state index in [-0.39, 0.29) is 0 Å². The highest BCUT2D eigenvalue weighted by Gasteiger charge is 2.24. The van der Waals surface area contributed by atoms with E-state index in [0.717, 1.165) is 19.6 Å². The maximum absolute atomic E-state index is 4.55. The molecule has 0 aliphatic carbocycles. The van der Waals surface area contributed by atoms with Gasteiger partial charge < -0.3 is 5.32 Å². The number of rotatable bonds is 3. The van der Waals surface area contributed by atoms with Crippen molar-refractivity contribution in [2.24, 2.45) is 0 Å². The lowest BCUT2D eigenvalue weighted by atomic mass is 10.1. The van der Waals surface area contributed by atoms with Gasteiger partial charge in [0.25, 0.3) is 0 Å². The Kier molecular flexibility index (Phi) is 3.95. The van der Waals surface area contributed by atoms with Gasteiger partial charge >= 0.3 is 0 Å². The first kappa shape index (κ1) is 12.0. The summed E-state index contributed by atoms with van der Waals surface area (Å²) in [4.78, 5) is 7.09. The molecule has 16 heavy (non-hydrogen) atoms. The molecule has 1 N–H and O–H groups in total. The predicted molar refractivity (Wildman–Crippen MR) is 68.8 cm³/mol. The van der Waals surface area contributed by atoms with Crippen LogP contribution >= 0.6 is 11.3 Å². The molecule has 2 atom stereocenters. The Morgan fingerprint density at radius 3 is 3.06 bits per heavy atom. The number of thiazole rings is 1. The average Bonchev–Trinajstić information content (AvgIpc) is 2.67. The van der Waals surface area contributed by atoms with Crippen molar-refractivity contribution in [3.05, 3.63) is 16.1 Å². The Morgan fingerprint density at radius 1 is 1.62 bits per heavy atom. The molecule has 1 aliphatic rings. The maximum atomic E-state index is 4.55. The fourth-order valence-corrected chi connectivity index (χ4v) is 2.78. The van der Waals surface area contributed by atoms with Crippen LogP contribution in [0.1, 0.15) is 31.0 Å². The third-order valence-corrected chi connectivity index (χ3v) is 4.13. The van der Waals surface area contributed by atoms with E-state index in [4.69, 9.17) is 0 Å². The summed E-state index contributed by atoms with van der Waals surface area (Å²) in [5.41, 5.74) is 1.23. The normalized spacial score (nSPS) is 27.2. The molecule has 2 heterocycles. The Morgan fingerprint density at radius 2 is 2.44 bits per heavy atom. The quantitative estimate of drug-likeness (QED) is 0.875. The van der Waals surface area contributed by atoms with Crippen molar-refractivity contribution < 1.29 is 0 Å². The molecule has 90 valence electrons. The number of piperazine rings is 1. The summed E-state index contributed by atoms with van der Waals surface area (Å²) in [6.07, 6.45) is 1.21. The van der Waals surface area contributed by atoms with Crippen LogP contribution in [0.25, 0.3) is 0 Å². The Labute approximate surface area is 102 Å². The van der Waals surface area contributed by atoms with Crippen LogP contribution in [0.2, 0.25) is 0 Å². The van der Waals surface area contributed by atoms with Gasteiger partial charge in [-0.1, -0.05) is 6.92 Å². The van der Waals surface area contributed by atoms with Crippen LogP contribution in [0.3, 0.4) is 0 Å². The Balaban J connectivity index is 1.96. The van der Waals surface area contributed by atoms with E-state index in [9.17, 15) is 0 Å². The zero-order valence-corrected chi connectivity index (χ0v) is 11.2. The van der Waals surface area contributed by atoms with Gasteiger partial charge in [0, 0.05) is 37.1 Å². The highest BCUT2D eigenvalue weighted by Crippen LogP contribution is 2.15. The lowest BCUT2D eigenvalue weighted by molar-refractivity contribution is 0.130. The summed E-state index contributed by atoms with van der Waals surface area (Å²) in [6.45, 7) is 9.86. The second kappa shape index (κ2) is 5.25. The molecule has 1 saturated heterocycles. The monoisotopic (exact) mass is 239 g/mol. The van der Waals surface area contributed by atoms with E-state index in [1.165, 1.54) is 17.1 Å². The third kappa shape index (κ3) is 2.81. The zero-order valence-electron chi connectivity index (χ0n) is 10.4. The van der Waals surface area contributed by atoms with Gasteiger partial charge in [0.15, 0.2) is 0 Å². The van der Waals surface area contributed by atoms with Crippen molar-refractivity contribution in [3.63, 3.8) is 0 Å². The first-order valence-corrected chi connectivity index (χ1v) is 6.95. The molecule has 0 amide bonds. The number of hydrogen-bond acceptors (Lipinski definition) is 4. The summed E-state index contributed by atoms with van der Waals surface area (Å²) in [6, 6.07) is 1.26. The van der Waals surface area contributed by atoms with Gasteiger partial charge in [0.05, 0.1) is 10.7 Å². The number of aryl methyl sites for hydroxylation is 1. The molecule has 4 heteroatoms. The molecule has 0 saturated carbocycles. The molecule has 3 nitrogen and oxygen atoms in total. The van der Waals surface area contributed by atoms with E-state index >= 15 is 0 Å². The van der Waals surface area contributed by atoms with Crippen molar-refractivity contribution in [2.45, 2.75) is 45.8 Å². The number of nitrogens with zero attached hydrogens (tertiary/aromatic N) is 2.